The number of methoxy groups -OCH3 is 1. The number of nitrogens with zero attached hydrogens (tertiary/aromatic N) is 5. The van der Waals surface area contributed by atoms with Crippen molar-refractivity contribution < 1.29 is 9.47 Å². The molecular weight excluding hydrogens is 400 g/mol. The predicted molar refractivity (Wildman–Crippen MR) is 116 cm³/mol. The van der Waals surface area contributed by atoms with Gasteiger partial charge >= 0.3 is 0 Å². The Hall–Kier alpha value is -3.64. The summed E-state index contributed by atoms with van der Waals surface area (Å²) in [6.45, 7) is 4.59. The fourth-order valence-corrected chi connectivity index (χ4v) is 3.71. The van der Waals surface area contributed by atoms with Crippen LogP contribution in [0, 0.1) is 25.7 Å². The van der Waals surface area contributed by atoms with Gasteiger partial charge in [-0.3, -0.25) is 4.98 Å². The Kier molecular flexibility index (Phi) is 5.50. The van der Waals surface area contributed by atoms with Crippen molar-refractivity contribution in [1.82, 2.24) is 24.5 Å². The number of pyridine rings is 1. The lowest BCUT2D eigenvalue weighted by Gasteiger charge is -2.13. The van der Waals surface area contributed by atoms with Crippen LogP contribution in [0.2, 0.25) is 0 Å². The maximum Gasteiger partial charge on any atom is 0.248 e. The zero-order chi connectivity index (χ0) is 21.1. The molecule has 0 aromatic carbocycles. The first-order valence-electron chi connectivity index (χ1n) is 9.18. The second kappa shape index (κ2) is 8.39. The van der Waals surface area contributed by atoms with E-state index in [1.165, 1.54) is 0 Å². The Bertz CT molecular complexity index is 1250. The average Bonchev–Trinajstić information content (AvgIpc) is 3.38. The van der Waals surface area contributed by atoms with Crippen LogP contribution in [-0.2, 0) is 6.54 Å². The van der Waals surface area contributed by atoms with Crippen molar-refractivity contribution >= 4 is 28.4 Å². The Morgan fingerprint density at radius 1 is 1.23 bits per heavy atom. The van der Waals surface area contributed by atoms with E-state index in [0.717, 1.165) is 28.1 Å². The quantitative estimate of drug-likeness (QED) is 0.495. The summed E-state index contributed by atoms with van der Waals surface area (Å²) in [6.07, 6.45) is 3.47. The van der Waals surface area contributed by atoms with Crippen molar-refractivity contribution in [1.29, 1.82) is 0 Å². The first-order valence-corrected chi connectivity index (χ1v) is 10.1. The van der Waals surface area contributed by atoms with Crippen molar-refractivity contribution in [3.63, 3.8) is 0 Å². The number of aromatic nitrogens is 5. The van der Waals surface area contributed by atoms with Gasteiger partial charge in [0.25, 0.3) is 0 Å². The minimum absolute atomic E-state index is 0.108. The highest BCUT2D eigenvalue weighted by atomic mass is 32.1. The number of hydrogen-bond acceptors (Lipinski definition) is 8. The van der Waals surface area contributed by atoms with E-state index in [1.54, 1.807) is 31.0 Å². The van der Waals surface area contributed by atoms with Gasteiger partial charge in [-0.1, -0.05) is 11.8 Å². The van der Waals surface area contributed by atoms with Crippen LogP contribution in [0.15, 0.2) is 29.4 Å². The Morgan fingerprint density at radius 2 is 2.10 bits per heavy atom. The summed E-state index contributed by atoms with van der Waals surface area (Å²) < 4.78 is 13.1. The molecule has 0 bridgehead atoms. The highest BCUT2D eigenvalue weighted by molar-refractivity contribution is 7.08. The van der Waals surface area contributed by atoms with Gasteiger partial charge in [0.05, 0.1) is 25.7 Å². The molecule has 8 nitrogen and oxygen atoms in total. The normalized spacial score (nSPS) is 10.6. The third-order valence-corrected chi connectivity index (χ3v) is 5.24. The van der Waals surface area contributed by atoms with Gasteiger partial charge in [0, 0.05) is 28.3 Å². The van der Waals surface area contributed by atoms with Crippen LogP contribution in [-0.4, -0.2) is 38.2 Å². The van der Waals surface area contributed by atoms with Crippen LogP contribution in [0.1, 0.15) is 22.4 Å². The molecule has 4 aromatic heterocycles. The molecule has 0 saturated heterocycles. The molecule has 152 valence electrons. The van der Waals surface area contributed by atoms with E-state index in [4.69, 9.17) is 15.2 Å². The first kappa shape index (κ1) is 19.7. The first-order chi connectivity index (χ1) is 14.6. The zero-order valence-electron chi connectivity index (χ0n) is 16.8. The van der Waals surface area contributed by atoms with Gasteiger partial charge in [0.2, 0.25) is 11.8 Å². The van der Waals surface area contributed by atoms with Crippen LogP contribution in [0.25, 0.3) is 11.2 Å². The predicted octanol–water partition coefficient (Wildman–Crippen LogP) is 2.97. The summed E-state index contributed by atoms with van der Waals surface area (Å²) in [5.41, 5.74) is 10.8. The van der Waals surface area contributed by atoms with Crippen LogP contribution in [0.4, 0.5) is 5.95 Å². The number of ether oxygens (including phenoxy) is 2. The molecule has 0 saturated carbocycles. The van der Waals surface area contributed by atoms with E-state index >= 15 is 0 Å². The smallest absolute Gasteiger partial charge is 0.248 e. The number of anilines is 1. The van der Waals surface area contributed by atoms with Gasteiger partial charge in [-0.15, -0.1) is 0 Å². The monoisotopic (exact) mass is 420 g/mol. The fraction of sp³-hybridized carbons (Fsp3) is 0.238. The molecule has 4 heterocycles. The maximum absolute atomic E-state index is 5.91. The van der Waals surface area contributed by atoms with E-state index in [2.05, 4.69) is 31.8 Å². The average molecular weight is 420 g/mol. The topological polar surface area (TPSA) is 101 Å². The molecule has 0 fully saturated rings. The number of nitrogens with two attached hydrogens (primary N) is 1. The second-order valence-electron chi connectivity index (χ2n) is 6.58. The standard InChI is InChI=1S/C21H20N6O2S/c1-13-9-23-16(14(2)18(13)28-3)10-27-12-24-17-19(27)25-21(22)26-20(17)29-7-4-5-15-6-8-30-11-15/h6,8-9,11-12H,7,10H2,1-3H3,(H2,22,25,26). The van der Waals surface area contributed by atoms with Gasteiger partial charge in [-0.25, -0.2) is 4.98 Å². The van der Waals surface area contributed by atoms with Crippen molar-refractivity contribution in [3.8, 4) is 23.5 Å². The molecule has 0 atom stereocenters. The fourth-order valence-electron chi connectivity index (χ4n) is 3.12. The van der Waals surface area contributed by atoms with Crippen molar-refractivity contribution in [3.05, 3.63) is 51.7 Å². The molecule has 0 aliphatic carbocycles. The molecule has 30 heavy (non-hydrogen) atoms. The summed E-state index contributed by atoms with van der Waals surface area (Å²) in [7, 11) is 1.66. The van der Waals surface area contributed by atoms with Crippen LogP contribution in [0.3, 0.4) is 0 Å². The lowest BCUT2D eigenvalue weighted by Crippen LogP contribution is -2.07. The van der Waals surface area contributed by atoms with Crippen molar-refractivity contribution in [2.24, 2.45) is 0 Å². The zero-order valence-corrected chi connectivity index (χ0v) is 17.7. The summed E-state index contributed by atoms with van der Waals surface area (Å²) >= 11 is 1.60. The summed E-state index contributed by atoms with van der Waals surface area (Å²) in [5, 5.41) is 3.96. The second-order valence-corrected chi connectivity index (χ2v) is 7.36. The molecule has 0 aliphatic rings. The van der Waals surface area contributed by atoms with Gasteiger partial charge < -0.3 is 19.8 Å². The van der Waals surface area contributed by atoms with Gasteiger partial charge in [0.1, 0.15) is 5.75 Å². The molecule has 4 rings (SSSR count). The highest BCUT2D eigenvalue weighted by Crippen LogP contribution is 2.26. The number of hydrogen-bond donors (Lipinski definition) is 1. The number of thiophene rings is 1. The number of imidazole rings is 1. The minimum atomic E-state index is 0.108. The molecule has 0 unspecified atom stereocenters. The van der Waals surface area contributed by atoms with Crippen LogP contribution >= 0.6 is 11.3 Å². The molecular formula is C21H20N6O2S. The van der Waals surface area contributed by atoms with Gasteiger partial charge in [-0.05, 0) is 25.3 Å². The number of aryl methyl sites for hydroxylation is 1. The molecule has 0 aliphatic heterocycles. The molecule has 2 N–H and O–H groups in total. The van der Waals surface area contributed by atoms with Crippen molar-refractivity contribution in [2.45, 2.75) is 20.4 Å². The summed E-state index contributed by atoms with van der Waals surface area (Å²) in [6, 6.07) is 1.95. The van der Waals surface area contributed by atoms with E-state index in [1.807, 2.05) is 35.2 Å². The lowest BCUT2D eigenvalue weighted by atomic mass is 10.1. The molecule has 0 spiro atoms. The minimum Gasteiger partial charge on any atom is -0.496 e. The number of fused-ring (bicyclic) bond motifs is 1. The highest BCUT2D eigenvalue weighted by Gasteiger charge is 2.16. The summed E-state index contributed by atoms with van der Waals surface area (Å²) in [5.74, 6) is 7.24. The third kappa shape index (κ3) is 3.90. The van der Waals surface area contributed by atoms with Crippen molar-refractivity contribution in [2.75, 3.05) is 19.5 Å². The van der Waals surface area contributed by atoms with Crippen LogP contribution < -0.4 is 15.2 Å². The number of nitrogen functional groups attached to an aromatic ring is 1. The molecule has 9 heteroatoms. The molecule has 0 radical (unpaired) electrons. The molecule has 0 amide bonds. The maximum atomic E-state index is 5.91. The van der Waals surface area contributed by atoms with Crippen LogP contribution in [0.5, 0.6) is 11.6 Å². The Morgan fingerprint density at radius 3 is 2.87 bits per heavy atom. The van der Waals surface area contributed by atoms with Gasteiger partial charge in [0.15, 0.2) is 17.8 Å². The number of rotatable bonds is 5. The van der Waals surface area contributed by atoms with Gasteiger partial charge in [-0.2, -0.15) is 21.3 Å². The van der Waals surface area contributed by atoms with E-state index in [9.17, 15) is 0 Å². The Labute approximate surface area is 177 Å². The lowest BCUT2D eigenvalue weighted by molar-refractivity contribution is 0.359. The van der Waals surface area contributed by atoms with E-state index in [-0.39, 0.29) is 12.6 Å². The largest absolute Gasteiger partial charge is 0.496 e. The SMILES string of the molecule is COc1c(C)cnc(Cn2cnc3c(OCC#Cc4ccsc4)nc(N)nc32)c1C. The molecule has 4 aromatic rings. The van der Waals surface area contributed by atoms with E-state index < -0.39 is 0 Å². The third-order valence-electron chi connectivity index (χ3n) is 4.55. The Balaban J connectivity index is 1.61. The summed E-state index contributed by atoms with van der Waals surface area (Å²) in [4.78, 5) is 17.5. The van der Waals surface area contributed by atoms with E-state index in [0.29, 0.717) is 23.6 Å².